The summed E-state index contributed by atoms with van der Waals surface area (Å²) in [6.07, 6.45) is 2.06. The van der Waals surface area contributed by atoms with E-state index in [4.69, 9.17) is 5.26 Å². The predicted octanol–water partition coefficient (Wildman–Crippen LogP) is 4.01. The maximum absolute atomic E-state index is 8.74. The summed E-state index contributed by atoms with van der Waals surface area (Å²) in [7, 11) is 0. The molecule has 0 spiro atoms. The van der Waals surface area contributed by atoms with Crippen molar-refractivity contribution in [3.63, 3.8) is 0 Å². The molecule has 0 saturated carbocycles. The van der Waals surface area contributed by atoms with Crippen molar-refractivity contribution in [2.75, 3.05) is 6.26 Å². The van der Waals surface area contributed by atoms with E-state index >= 15 is 0 Å². The van der Waals surface area contributed by atoms with Crippen LogP contribution in [0.3, 0.4) is 0 Å². The molecule has 0 aliphatic rings. The van der Waals surface area contributed by atoms with Crippen LogP contribution in [0.2, 0.25) is 0 Å². The molecule has 0 bridgehead atoms. The van der Waals surface area contributed by atoms with Crippen molar-refractivity contribution in [2.45, 2.75) is 4.90 Å². The molecule has 2 aromatic rings. The molecule has 0 aliphatic carbocycles. The van der Waals surface area contributed by atoms with Crippen LogP contribution in [-0.4, -0.2) is 6.26 Å². The average molecular weight is 231 g/mol. The Kier molecular flexibility index (Phi) is 3.10. The molecular formula is C12H9NS2. The molecule has 1 nitrogen and oxygen atoms in total. The third-order valence-corrected chi connectivity index (χ3v) is 3.87. The van der Waals surface area contributed by atoms with Crippen molar-refractivity contribution in [2.24, 2.45) is 0 Å². The molecule has 0 aliphatic heterocycles. The smallest absolute Gasteiger partial charge is 0.110 e. The first-order valence-corrected chi connectivity index (χ1v) is 6.52. The summed E-state index contributed by atoms with van der Waals surface area (Å²) in [5.41, 5.74) is 1.18. The lowest BCUT2D eigenvalue weighted by molar-refractivity contribution is 1.47. The number of hydrogen-bond donors (Lipinski definition) is 0. The first-order chi connectivity index (χ1) is 7.33. The Morgan fingerprint density at radius 1 is 1.13 bits per heavy atom. The van der Waals surface area contributed by atoms with Crippen molar-refractivity contribution in [3.8, 4) is 16.5 Å². The summed E-state index contributed by atoms with van der Waals surface area (Å²) in [5.74, 6) is 0. The lowest BCUT2D eigenvalue weighted by Gasteiger charge is -1.98. The fraction of sp³-hybridized carbons (Fsp3) is 0.0833. The van der Waals surface area contributed by atoms with E-state index in [0.717, 1.165) is 9.75 Å². The van der Waals surface area contributed by atoms with E-state index in [1.807, 2.05) is 12.1 Å². The zero-order valence-corrected chi connectivity index (χ0v) is 9.86. The highest BCUT2D eigenvalue weighted by atomic mass is 32.2. The summed E-state index contributed by atoms with van der Waals surface area (Å²) >= 11 is 3.26. The van der Waals surface area contributed by atoms with Crippen LogP contribution in [0.1, 0.15) is 4.88 Å². The molecule has 3 heteroatoms. The maximum atomic E-state index is 8.74. The Hall–Kier alpha value is -1.24. The highest BCUT2D eigenvalue weighted by Crippen LogP contribution is 2.28. The number of benzene rings is 1. The molecule has 15 heavy (non-hydrogen) atoms. The van der Waals surface area contributed by atoms with Gasteiger partial charge in [-0.1, -0.05) is 12.1 Å². The zero-order valence-electron chi connectivity index (χ0n) is 8.23. The number of thioether (sulfide) groups is 1. The molecule has 74 valence electrons. The Bertz CT molecular complexity index is 491. The highest BCUT2D eigenvalue weighted by Gasteiger charge is 2.01. The Balaban J connectivity index is 2.33. The van der Waals surface area contributed by atoms with Crippen LogP contribution in [0.5, 0.6) is 0 Å². The first kappa shape index (κ1) is 10.3. The normalized spacial score (nSPS) is 9.87. The molecule has 0 atom stereocenters. The van der Waals surface area contributed by atoms with Gasteiger partial charge in [-0.05, 0) is 36.1 Å². The quantitative estimate of drug-likeness (QED) is 0.729. The van der Waals surface area contributed by atoms with Gasteiger partial charge in [0.15, 0.2) is 0 Å². The van der Waals surface area contributed by atoms with Gasteiger partial charge in [-0.25, -0.2) is 0 Å². The second kappa shape index (κ2) is 4.52. The van der Waals surface area contributed by atoms with E-state index in [0.29, 0.717) is 0 Å². The van der Waals surface area contributed by atoms with Crippen molar-refractivity contribution in [1.82, 2.24) is 0 Å². The second-order valence-electron chi connectivity index (χ2n) is 3.00. The largest absolute Gasteiger partial charge is 0.192 e. The molecule has 0 radical (unpaired) electrons. The van der Waals surface area contributed by atoms with Crippen LogP contribution >= 0.6 is 23.1 Å². The van der Waals surface area contributed by atoms with Crippen molar-refractivity contribution >= 4 is 23.1 Å². The SMILES string of the molecule is CSc1ccc(-c2ccc(C#N)s2)cc1. The van der Waals surface area contributed by atoms with Gasteiger partial charge in [0.25, 0.3) is 0 Å². The monoisotopic (exact) mass is 231 g/mol. The topological polar surface area (TPSA) is 23.8 Å². The molecular weight excluding hydrogens is 222 g/mol. The van der Waals surface area contributed by atoms with Crippen LogP contribution in [0.4, 0.5) is 0 Å². The van der Waals surface area contributed by atoms with Gasteiger partial charge in [-0.3, -0.25) is 0 Å². The molecule has 1 aromatic carbocycles. The minimum absolute atomic E-state index is 0.763. The molecule has 0 fully saturated rings. The molecule has 0 N–H and O–H groups in total. The van der Waals surface area contributed by atoms with E-state index in [1.165, 1.54) is 21.8 Å². The lowest BCUT2D eigenvalue weighted by atomic mass is 10.2. The molecule has 1 aromatic heterocycles. The van der Waals surface area contributed by atoms with Gasteiger partial charge in [0.05, 0.1) is 0 Å². The van der Waals surface area contributed by atoms with Crippen LogP contribution in [0, 0.1) is 11.3 Å². The summed E-state index contributed by atoms with van der Waals surface area (Å²) in [5, 5.41) is 8.74. The van der Waals surface area contributed by atoms with Gasteiger partial charge in [0.1, 0.15) is 10.9 Å². The summed E-state index contributed by atoms with van der Waals surface area (Å²) in [6, 6.07) is 14.4. The van der Waals surface area contributed by atoms with Crippen molar-refractivity contribution in [1.29, 1.82) is 5.26 Å². The van der Waals surface area contributed by atoms with Crippen molar-refractivity contribution < 1.29 is 0 Å². The Morgan fingerprint density at radius 2 is 1.87 bits per heavy atom. The minimum Gasteiger partial charge on any atom is -0.192 e. The van der Waals surface area contributed by atoms with Gasteiger partial charge >= 0.3 is 0 Å². The molecule has 0 unspecified atom stereocenters. The van der Waals surface area contributed by atoms with Gasteiger partial charge in [0, 0.05) is 9.77 Å². The lowest BCUT2D eigenvalue weighted by Crippen LogP contribution is -1.72. The van der Waals surface area contributed by atoms with Gasteiger partial charge in [-0.15, -0.1) is 23.1 Å². The van der Waals surface area contributed by atoms with Crippen LogP contribution in [0.25, 0.3) is 10.4 Å². The van der Waals surface area contributed by atoms with E-state index in [2.05, 4.69) is 36.6 Å². The predicted molar refractivity (Wildman–Crippen MR) is 66.3 cm³/mol. The standard InChI is InChI=1S/C12H9NS2/c1-14-10-4-2-9(3-5-10)12-7-6-11(8-13)15-12/h2-7H,1H3. The molecule has 1 heterocycles. The highest BCUT2D eigenvalue weighted by molar-refractivity contribution is 7.98. The zero-order chi connectivity index (χ0) is 10.7. The van der Waals surface area contributed by atoms with Crippen LogP contribution < -0.4 is 0 Å². The summed E-state index contributed by atoms with van der Waals surface area (Å²) in [6.45, 7) is 0. The number of nitrogens with zero attached hydrogens (tertiary/aromatic N) is 1. The number of nitriles is 1. The molecule has 0 amide bonds. The molecule has 0 saturated heterocycles. The van der Waals surface area contributed by atoms with Gasteiger partial charge in [-0.2, -0.15) is 5.26 Å². The minimum atomic E-state index is 0.763. The van der Waals surface area contributed by atoms with Crippen molar-refractivity contribution in [3.05, 3.63) is 41.3 Å². The van der Waals surface area contributed by atoms with E-state index in [9.17, 15) is 0 Å². The third-order valence-electron chi connectivity index (χ3n) is 2.09. The number of hydrogen-bond acceptors (Lipinski definition) is 3. The molecule has 2 rings (SSSR count). The maximum Gasteiger partial charge on any atom is 0.110 e. The second-order valence-corrected chi connectivity index (χ2v) is 4.97. The van der Waals surface area contributed by atoms with Gasteiger partial charge in [0.2, 0.25) is 0 Å². The Morgan fingerprint density at radius 3 is 2.40 bits per heavy atom. The summed E-state index contributed by atoms with van der Waals surface area (Å²) in [4.78, 5) is 3.17. The van der Waals surface area contributed by atoms with E-state index < -0.39 is 0 Å². The third kappa shape index (κ3) is 2.23. The summed E-state index contributed by atoms with van der Waals surface area (Å²) < 4.78 is 0. The van der Waals surface area contributed by atoms with Crippen LogP contribution in [-0.2, 0) is 0 Å². The van der Waals surface area contributed by atoms with Crippen LogP contribution in [0.15, 0.2) is 41.3 Å². The first-order valence-electron chi connectivity index (χ1n) is 4.48. The number of rotatable bonds is 2. The van der Waals surface area contributed by atoms with E-state index in [-0.39, 0.29) is 0 Å². The fourth-order valence-corrected chi connectivity index (χ4v) is 2.53. The average Bonchev–Trinajstić information content (AvgIpc) is 2.78. The number of thiophene rings is 1. The fourth-order valence-electron chi connectivity index (χ4n) is 1.31. The van der Waals surface area contributed by atoms with Gasteiger partial charge < -0.3 is 0 Å². The Labute approximate surface area is 97.4 Å². The van der Waals surface area contributed by atoms with E-state index in [1.54, 1.807) is 11.8 Å².